The summed E-state index contributed by atoms with van der Waals surface area (Å²) in [6.45, 7) is 6.89. The van der Waals surface area contributed by atoms with Crippen LogP contribution in [0, 0.1) is 11.8 Å². The van der Waals surface area contributed by atoms with E-state index in [9.17, 15) is 24.3 Å². The predicted molar refractivity (Wildman–Crippen MR) is 101 cm³/mol. The number of carboxylic acid groups (broad SMARTS) is 1. The van der Waals surface area contributed by atoms with E-state index in [-0.39, 0.29) is 30.6 Å². The van der Waals surface area contributed by atoms with Gasteiger partial charge in [0.15, 0.2) is 0 Å². The Balaban J connectivity index is 5.03. The number of amides is 3. The lowest BCUT2D eigenvalue weighted by atomic mass is 10.0. The summed E-state index contributed by atoms with van der Waals surface area (Å²) >= 11 is 4.05. The fourth-order valence-corrected chi connectivity index (χ4v) is 2.45. The zero-order chi connectivity index (χ0) is 20.4. The van der Waals surface area contributed by atoms with Gasteiger partial charge in [-0.15, -0.1) is 0 Å². The molecule has 0 aliphatic rings. The molecule has 0 heterocycles. The molecule has 0 saturated carbocycles. The SMILES string of the molecule is CC(C)CC(NC(=O)C(CS)NC(=O)C(NC(=O)CN)C(C)C)C(=O)O. The molecule has 0 fully saturated rings. The predicted octanol–water partition coefficient (Wildman–Crippen LogP) is -0.884. The van der Waals surface area contributed by atoms with Crippen molar-refractivity contribution in [2.45, 2.75) is 52.2 Å². The van der Waals surface area contributed by atoms with E-state index < -0.39 is 41.8 Å². The van der Waals surface area contributed by atoms with Crippen molar-refractivity contribution in [2.24, 2.45) is 17.6 Å². The van der Waals surface area contributed by atoms with Crippen LogP contribution < -0.4 is 21.7 Å². The summed E-state index contributed by atoms with van der Waals surface area (Å²) in [5.74, 6) is -3.04. The first kappa shape index (κ1) is 24.2. The Bertz CT molecular complexity index is 513. The highest BCUT2D eigenvalue weighted by molar-refractivity contribution is 7.80. The van der Waals surface area contributed by atoms with Gasteiger partial charge in [-0.25, -0.2) is 4.79 Å². The number of nitrogens with one attached hydrogen (secondary N) is 3. The number of nitrogens with two attached hydrogens (primary N) is 1. The number of carbonyl (C=O) groups excluding carboxylic acids is 3. The zero-order valence-electron chi connectivity index (χ0n) is 15.6. The molecule has 0 aromatic heterocycles. The highest BCUT2D eigenvalue weighted by Crippen LogP contribution is 2.06. The third-order valence-electron chi connectivity index (χ3n) is 3.59. The quantitative estimate of drug-likeness (QED) is 0.252. The van der Waals surface area contributed by atoms with Crippen molar-refractivity contribution in [3.63, 3.8) is 0 Å². The molecule has 0 saturated heterocycles. The summed E-state index contributed by atoms with van der Waals surface area (Å²) in [7, 11) is 0. The molecule has 26 heavy (non-hydrogen) atoms. The van der Waals surface area contributed by atoms with Gasteiger partial charge in [-0.2, -0.15) is 12.6 Å². The monoisotopic (exact) mass is 390 g/mol. The van der Waals surface area contributed by atoms with E-state index in [2.05, 4.69) is 28.6 Å². The summed E-state index contributed by atoms with van der Waals surface area (Å²) in [6, 6.07) is -2.96. The first-order valence-electron chi connectivity index (χ1n) is 8.47. The van der Waals surface area contributed by atoms with E-state index in [1.165, 1.54) is 0 Å². The third-order valence-corrected chi connectivity index (χ3v) is 3.95. The molecule has 0 aromatic rings. The molecule has 0 aromatic carbocycles. The maximum absolute atomic E-state index is 12.4. The van der Waals surface area contributed by atoms with Gasteiger partial charge in [0.1, 0.15) is 18.1 Å². The molecule has 150 valence electrons. The van der Waals surface area contributed by atoms with Crippen molar-refractivity contribution in [1.29, 1.82) is 0 Å². The normalized spacial score (nSPS) is 14.5. The largest absolute Gasteiger partial charge is 0.480 e. The van der Waals surface area contributed by atoms with Crippen LogP contribution in [0.25, 0.3) is 0 Å². The zero-order valence-corrected chi connectivity index (χ0v) is 16.5. The Morgan fingerprint density at radius 1 is 0.962 bits per heavy atom. The van der Waals surface area contributed by atoms with Crippen LogP contribution in [-0.4, -0.2) is 59.2 Å². The van der Waals surface area contributed by atoms with Gasteiger partial charge in [-0.05, 0) is 18.3 Å². The molecule has 0 aliphatic heterocycles. The number of carboxylic acids is 1. The number of aliphatic carboxylic acids is 1. The Hall–Kier alpha value is -1.81. The second-order valence-electron chi connectivity index (χ2n) is 6.77. The van der Waals surface area contributed by atoms with Gasteiger partial charge in [0.2, 0.25) is 17.7 Å². The summed E-state index contributed by atoms with van der Waals surface area (Å²) in [5.41, 5.74) is 5.24. The molecular weight excluding hydrogens is 360 g/mol. The van der Waals surface area contributed by atoms with Gasteiger partial charge in [0.25, 0.3) is 0 Å². The lowest BCUT2D eigenvalue weighted by molar-refractivity contribution is -0.142. The molecule has 3 atom stereocenters. The number of thiol groups is 1. The van der Waals surface area contributed by atoms with E-state index >= 15 is 0 Å². The van der Waals surface area contributed by atoms with Crippen LogP contribution in [0.4, 0.5) is 0 Å². The Labute approximate surface area is 159 Å². The van der Waals surface area contributed by atoms with Crippen molar-refractivity contribution in [3.05, 3.63) is 0 Å². The van der Waals surface area contributed by atoms with Crippen molar-refractivity contribution < 1.29 is 24.3 Å². The van der Waals surface area contributed by atoms with Crippen molar-refractivity contribution in [1.82, 2.24) is 16.0 Å². The molecule has 0 radical (unpaired) electrons. The van der Waals surface area contributed by atoms with Gasteiger partial charge < -0.3 is 26.8 Å². The van der Waals surface area contributed by atoms with Crippen LogP contribution in [-0.2, 0) is 19.2 Å². The second-order valence-corrected chi connectivity index (χ2v) is 7.13. The molecule has 9 nitrogen and oxygen atoms in total. The molecule has 3 unspecified atom stereocenters. The Morgan fingerprint density at radius 2 is 1.50 bits per heavy atom. The van der Waals surface area contributed by atoms with Gasteiger partial charge in [-0.1, -0.05) is 27.7 Å². The lowest BCUT2D eigenvalue weighted by Gasteiger charge is -2.25. The average Bonchev–Trinajstić information content (AvgIpc) is 2.55. The van der Waals surface area contributed by atoms with Crippen molar-refractivity contribution in [3.8, 4) is 0 Å². The van der Waals surface area contributed by atoms with Crippen LogP contribution in [0.1, 0.15) is 34.1 Å². The summed E-state index contributed by atoms with van der Waals surface area (Å²) < 4.78 is 0. The first-order valence-corrected chi connectivity index (χ1v) is 9.10. The highest BCUT2D eigenvalue weighted by atomic mass is 32.1. The minimum atomic E-state index is -1.15. The number of hydrogen-bond acceptors (Lipinski definition) is 6. The first-order chi connectivity index (χ1) is 12.0. The third kappa shape index (κ3) is 8.52. The van der Waals surface area contributed by atoms with E-state index in [0.29, 0.717) is 0 Å². The van der Waals surface area contributed by atoms with E-state index in [1.807, 2.05) is 13.8 Å². The van der Waals surface area contributed by atoms with Gasteiger partial charge >= 0.3 is 5.97 Å². The standard InChI is InChI=1S/C16H30N4O5S/c1-8(2)5-10(16(24)25)18-14(22)11(7-26)19-15(23)13(9(3)4)20-12(21)6-17/h8-11,13,26H,5-7,17H2,1-4H3,(H,18,22)(H,19,23)(H,20,21)(H,24,25). The molecule has 0 spiro atoms. The van der Waals surface area contributed by atoms with E-state index in [4.69, 9.17) is 5.73 Å². The van der Waals surface area contributed by atoms with Crippen molar-refractivity contribution in [2.75, 3.05) is 12.3 Å². The van der Waals surface area contributed by atoms with E-state index in [0.717, 1.165) is 0 Å². The van der Waals surface area contributed by atoms with Crippen LogP contribution in [0.2, 0.25) is 0 Å². The number of rotatable bonds is 11. The summed E-state index contributed by atoms with van der Waals surface area (Å²) in [6.07, 6.45) is 0.259. The van der Waals surface area contributed by atoms with Gasteiger partial charge in [-0.3, -0.25) is 14.4 Å². The molecule has 10 heteroatoms. The van der Waals surface area contributed by atoms with Crippen LogP contribution in [0.15, 0.2) is 0 Å². The van der Waals surface area contributed by atoms with E-state index in [1.54, 1.807) is 13.8 Å². The number of carbonyl (C=O) groups is 4. The second kappa shape index (κ2) is 11.7. The Kier molecular flexibility index (Phi) is 10.9. The maximum Gasteiger partial charge on any atom is 0.326 e. The lowest BCUT2D eigenvalue weighted by Crippen LogP contribution is -2.58. The summed E-state index contributed by atoms with van der Waals surface area (Å²) in [5, 5.41) is 16.6. The fraction of sp³-hybridized carbons (Fsp3) is 0.750. The topological polar surface area (TPSA) is 151 Å². The average molecular weight is 391 g/mol. The summed E-state index contributed by atoms with van der Waals surface area (Å²) in [4.78, 5) is 47.5. The molecule has 0 rings (SSSR count). The minimum Gasteiger partial charge on any atom is -0.480 e. The fourth-order valence-electron chi connectivity index (χ4n) is 2.19. The van der Waals surface area contributed by atoms with Crippen LogP contribution >= 0.6 is 12.6 Å². The van der Waals surface area contributed by atoms with Gasteiger partial charge in [0, 0.05) is 5.75 Å². The highest BCUT2D eigenvalue weighted by Gasteiger charge is 2.30. The van der Waals surface area contributed by atoms with Gasteiger partial charge in [0.05, 0.1) is 6.54 Å². The molecule has 6 N–H and O–H groups in total. The Morgan fingerprint density at radius 3 is 1.88 bits per heavy atom. The molecule has 0 bridgehead atoms. The maximum atomic E-state index is 12.4. The molecule has 0 aliphatic carbocycles. The molecular formula is C16H30N4O5S. The van der Waals surface area contributed by atoms with Crippen LogP contribution in [0.3, 0.4) is 0 Å². The minimum absolute atomic E-state index is 0.0265. The van der Waals surface area contributed by atoms with Crippen LogP contribution in [0.5, 0.6) is 0 Å². The number of hydrogen-bond donors (Lipinski definition) is 6. The molecule has 3 amide bonds. The smallest absolute Gasteiger partial charge is 0.326 e. The van der Waals surface area contributed by atoms with Crippen molar-refractivity contribution >= 4 is 36.3 Å².